The summed E-state index contributed by atoms with van der Waals surface area (Å²) in [6.07, 6.45) is 5.84. The molecule has 0 radical (unpaired) electrons. The van der Waals surface area contributed by atoms with Gasteiger partial charge in [-0.2, -0.15) is 0 Å². The predicted molar refractivity (Wildman–Crippen MR) is 122 cm³/mol. The van der Waals surface area contributed by atoms with Gasteiger partial charge >= 0.3 is 0 Å². The maximum atomic E-state index is 13.4. The van der Waals surface area contributed by atoms with Crippen molar-refractivity contribution in [1.82, 2.24) is 10.3 Å². The molecule has 8 heteroatoms. The van der Waals surface area contributed by atoms with Gasteiger partial charge in [0.05, 0.1) is 25.9 Å². The van der Waals surface area contributed by atoms with Crippen LogP contribution in [0.15, 0.2) is 42.6 Å². The molecule has 2 aliphatic rings. The zero-order chi connectivity index (χ0) is 22.3. The summed E-state index contributed by atoms with van der Waals surface area (Å²) in [6.45, 7) is 2.85. The highest BCUT2D eigenvalue weighted by molar-refractivity contribution is 6.08. The highest BCUT2D eigenvalue weighted by Gasteiger charge is 2.24. The largest absolute Gasteiger partial charge is 0.497 e. The minimum Gasteiger partial charge on any atom is -0.497 e. The van der Waals surface area contributed by atoms with Crippen LogP contribution in [0.2, 0.25) is 0 Å². The van der Waals surface area contributed by atoms with E-state index in [1.165, 1.54) is 4.90 Å². The van der Waals surface area contributed by atoms with Gasteiger partial charge in [0.1, 0.15) is 18.1 Å². The van der Waals surface area contributed by atoms with Crippen molar-refractivity contribution in [2.75, 3.05) is 49.8 Å². The number of morpholine rings is 1. The van der Waals surface area contributed by atoms with E-state index >= 15 is 0 Å². The number of benzene rings is 1. The van der Waals surface area contributed by atoms with Crippen LogP contribution in [0, 0.1) is 0 Å². The van der Waals surface area contributed by atoms with Gasteiger partial charge in [0, 0.05) is 31.0 Å². The fourth-order valence-electron chi connectivity index (χ4n) is 4.18. The van der Waals surface area contributed by atoms with Crippen molar-refractivity contribution in [2.24, 2.45) is 0 Å². The van der Waals surface area contributed by atoms with E-state index in [1.54, 1.807) is 43.6 Å². The molecule has 2 fully saturated rings. The quantitative estimate of drug-likeness (QED) is 0.716. The van der Waals surface area contributed by atoms with Crippen LogP contribution in [0.1, 0.15) is 36.0 Å². The fraction of sp³-hybridized carbons (Fsp3) is 0.458. The van der Waals surface area contributed by atoms with Crippen LogP contribution >= 0.6 is 0 Å². The number of anilines is 2. The minimum absolute atomic E-state index is 0.0487. The normalized spacial score (nSPS) is 16.6. The van der Waals surface area contributed by atoms with Gasteiger partial charge in [-0.25, -0.2) is 4.98 Å². The van der Waals surface area contributed by atoms with Crippen LogP contribution in [0.5, 0.6) is 5.75 Å². The number of hydrogen-bond donors (Lipinski definition) is 1. The molecule has 1 aliphatic carbocycles. The summed E-state index contributed by atoms with van der Waals surface area (Å²) in [7, 11) is 1.59. The predicted octanol–water partition coefficient (Wildman–Crippen LogP) is 2.63. The maximum absolute atomic E-state index is 13.4. The van der Waals surface area contributed by atoms with Crippen LogP contribution < -0.4 is 19.9 Å². The van der Waals surface area contributed by atoms with Crippen molar-refractivity contribution >= 4 is 23.3 Å². The first-order valence-corrected chi connectivity index (χ1v) is 11.2. The zero-order valence-corrected chi connectivity index (χ0v) is 18.5. The number of pyridine rings is 1. The Hall–Kier alpha value is -3.13. The van der Waals surface area contributed by atoms with Gasteiger partial charge in [-0.3, -0.25) is 14.5 Å². The third-order valence-electron chi connectivity index (χ3n) is 5.98. The van der Waals surface area contributed by atoms with Crippen LogP contribution in [-0.4, -0.2) is 62.8 Å². The number of rotatable bonds is 7. The molecular formula is C24H30N4O4. The molecule has 1 aromatic carbocycles. The van der Waals surface area contributed by atoms with E-state index in [1.807, 2.05) is 6.07 Å². The first kappa shape index (κ1) is 22.1. The Labute approximate surface area is 188 Å². The second-order valence-electron chi connectivity index (χ2n) is 8.14. The second kappa shape index (κ2) is 10.5. The van der Waals surface area contributed by atoms with E-state index in [4.69, 9.17) is 9.47 Å². The number of methoxy groups -OCH3 is 1. The molecule has 1 saturated heterocycles. The number of aromatic nitrogens is 1. The molecule has 2 aromatic rings. The van der Waals surface area contributed by atoms with Crippen molar-refractivity contribution < 1.29 is 19.1 Å². The van der Waals surface area contributed by atoms with E-state index in [9.17, 15) is 9.59 Å². The van der Waals surface area contributed by atoms with Gasteiger partial charge in [-0.15, -0.1) is 0 Å². The Kier molecular flexibility index (Phi) is 7.21. The smallest absolute Gasteiger partial charge is 0.260 e. The summed E-state index contributed by atoms with van der Waals surface area (Å²) in [6, 6.07) is 11.0. The number of hydrogen-bond acceptors (Lipinski definition) is 6. The number of carbonyl (C=O) groups is 2. The van der Waals surface area contributed by atoms with Gasteiger partial charge in [0.2, 0.25) is 5.91 Å². The topological polar surface area (TPSA) is 84.0 Å². The molecule has 0 unspecified atom stereocenters. The molecule has 1 N–H and O–H groups in total. The highest BCUT2D eigenvalue weighted by atomic mass is 16.5. The summed E-state index contributed by atoms with van der Waals surface area (Å²) in [5.74, 6) is 1.09. The van der Waals surface area contributed by atoms with Gasteiger partial charge in [-0.1, -0.05) is 12.8 Å². The van der Waals surface area contributed by atoms with Gasteiger partial charge in [0.25, 0.3) is 5.91 Å². The number of carbonyl (C=O) groups excluding carboxylic acids is 2. The second-order valence-corrected chi connectivity index (χ2v) is 8.14. The van der Waals surface area contributed by atoms with Crippen LogP contribution in [0.3, 0.4) is 0 Å². The van der Waals surface area contributed by atoms with Gasteiger partial charge in [-0.05, 0) is 49.2 Å². The molecule has 1 aromatic heterocycles. The lowest BCUT2D eigenvalue weighted by molar-refractivity contribution is -0.120. The van der Waals surface area contributed by atoms with Crippen molar-refractivity contribution in [3.05, 3.63) is 48.2 Å². The molecule has 1 saturated carbocycles. The van der Waals surface area contributed by atoms with Crippen molar-refractivity contribution in [1.29, 1.82) is 0 Å². The number of ether oxygens (including phenoxy) is 2. The maximum Gasteiger partial charge on any atom is 0.260 e. The van der Waals surface area contributed by atoms with Gasteiger partial charge < -0.3 is 19.7 Å². The molecular weight excluding hydrogens is 408 g/mol. The van der Waals surface area contributed by atoms with E-state index in [0.29, 0.717) is 30.2 Å². The van der Waals surface area contributed by atoms with Crippen LogP contribution in [0.25, 0.3) is 0 Å². The van der Waals surface area contributed by atoms with E-state index < -0.39 is 0 Å². The van der Waals surface area contributed by atoms with Crippen molar-refractivity contribution in [3.63, 3.8) is 0 Å². The average Bonchev–Trinajstić information content (AvgIpc) is 3.36. The van der Waals surface area contributed by atoms with Crippen molar-refractivity contribution in [2.45, 2.75) is 31.7 Å². The fourth-order valence-corrected chi connectivity index (χ4v) is 4.18. The Balaban J connectivity index is 1.52. The molecule has 170 valence electrons. The minimum atomic E-state index is -0.266. The number of nitrogens with zero attached hydrogens (tertiary/aromatic N) is 3. The highest BCUT2D eigenvalue weighted by Crippen LogP contribution is 2.23. The van der Waals surface area contributed by atoms with Crippen LogP contribution in [-0.2, 0) is 9.53 Å². The lowest BCUT2D eigenvalue weighted by Gasteiger charge is -2.28. The monoisotopic (exact) mass is 438 g/mol. The molecule has 0 spiro atoms. The Morgan fingerprint density at radius 3 is 2.47 bits per heavy atom. The average molecular weight is 439 g/mol. The summed E-state index contributed by atoms with van der Waals surface area (Å²) < 4.78 is 10.6. The number of amides is 2. The standard InChI is InChI=1S/C24H30N4O4/c1-31-21-9-7-20(8-10-21)28(17-23(29)26-19-4-2-3-5-19)24(30)18-6-11-22(25-16-18)27-12-14-32-15-13-27/h6-11,16,19H,2-5,12-15,17H2,1H3,(H,26,29). The first-order chi connectivity index (χ1) is 15.6. The lowest BCUT2D eigenvalue weighted by atomic mass is 10.2. The summed E-state index contributed by atoms with van der Waals surface area (Å²) >= 11 is 0. The molecule has 1 aliphatic heterocycles. The Morgan fingerprint density at radius 2 is 1.84 bits per heavy atom. The summed E-state index contributed by atoms with van der Waals surface area (Å²) in [4.78, 5) is 34.3. The molecule has 0 bridgehead atoms. The zero-order valence-electron chi connectivity index (χ0n) is 18.5. The third kappa shape index (κ3) is 5.37. The molecule has 0 atom stereocenters. The van der Waals surface area contributed by atoms with Gasteiger partial charge in [0.15, 0.2) is 0 Å². The Morgan fingerprint density at radius 1 is 1.12 bits per heavy atom. The SMILES string of the molecule is COc1ccc(N(CC(=O)NC2CCCC2)C(=O)c2ccc(N3CCOCC3)nc2)cc1. The molecule has 2 heterocycles. The summed E-state index contributed by atoms with van der Waals surface area (Å²) in [5.41, 5.74) is 1.07. The molecule has 4 rings (SSSR count). The lowest BCUT2D eigenvalue weighted by Crippen LogP contribution is -2.43. The van der Waals surface area contributed by atoms with Crippen molar-refractivity contribution in [3.8, 4) is 5.75 Å². The number of nitrogens with one attached hydrogen (secondary N) is 1. The van der Waals surface area contributed by atoms with E-state index in [2.05, 4.69) is 15.2 Å². The third-order valence-corrected chi connectivity index (χ3v) is 5.98. The van der Waals surface area contributed by atoms with Crippen LogP contribution in [0.4, 0.5) is 11.5 Å². The summed E-state index contributed by atoms with van der Waals surface area (Å²) in [5, 5.41) is 3.07. The first-order valence-electron chi connectivity index (χ1n) is 11.2. The molecule has 8 nitrogen and oxygen atoms in total. The van der Waals surface area contributed by atoms with E-state index in [-0.39, 0.29) is 24.4 Å². The van der Waals surface area contributed by atoms with E-state index in [0.717, 1.165) is 44.6 Å². The molecule has 32 heavy (non-hydrogen) atoms. The Bertz CT molecular complexity index is 905. The molecule has 2 amide bonds.